The predicted octanol–water partition coefficient (Wildman–Crippen LogP) is 3.11. The first-order valence-corrected chi connectivity index (χ1v) is 11.9. The largest absolute Gasteiger partial charge is 0.416 e. The Morgan fingerprint density at radius 1 is 1.13 bits per heavy atom. The number of benzene rings is 1. The lowest BCUT2D eigenvalue weighted by Gasteiger charge is -2.33. The van der Waals surface area contributed by atoms with Crippen molar-refractivity contribution in [2.24, 2.45) is 5.73 Å². The van der Waals surface area contributed by atoms with Gasteiger partial charge in [0.1, 0.15) is 11.5 Å². The van der Waals surface area contributed by atoms with Crippen LogP contribution in [0.2, 0.25) is 0 Å². The van der Waals surface area contributed by atoms with Gasteiger partial charge in [-0.1, -0.05) is 18.1 Å². The molecule has 3 aromatic rings. The van der Waals surface area contributed by atoms with Crippen LogP contribution in [0.3, 0.4) is 0 Å². The van der Waals surface area contributed by atoms with Crippen molar-refractivity contribution in [3.05, 3.63) is 65.2 Å². The molecule has 4 rings (SSSR count). The number of halogens is 3. The van der Waals surface area contributed by atoms with E-state index in [-0.39, 0.29) is 34.5 Å². The van der Waals surface area contributed by atoms with Crippen molar-refractivity contribution in [2.75, 3.05) is 17.7 Å². The maximum atomic E-state index is 13.0. The fourth-order valence-electron chi connectivity index (χ4n) is 4.39. The summed E-state index contributed by atoms with van der Waals surface area (Å²) >= 11 is 0. The highest BCUT2D eigenvalue weighted by Gasteiger charge is 2.34. The summed E-state index contributed by atoms with van der Waals surface area (Å²) in [5, 5.41) is 2.33. The van der Waals surface area contributed by atoms with Crippen molar-refractivity contribution in [3.63, 3.8) is 0 Å². The van der Waals surface area contributed by atoms with Gasteiger partial charge >= 0.3 is 6.18 Å². The molecule has 1 aromatic carbocycles. The van der Waals surface area contributed by atoms with Crippen molar-refractivity contribution in [3.8, 4) is 23.1 Å². The number of hydrogen-bond donors (Lipinski definition) is 3. The summed E-state index contributed by atoms with van der Waals surface area (Å²) in [5.74, 6) is 9.45. The predicted molar refractivity (Wildman–Crippen MR) is 135 cm³/mol. The first kappa shape index (κ1) is 27.2. The number of likely N-dealkylation sites (tertiary alicyclic amines) is 1. The number of carbonyl (C=O) groups is 3. The SMILES string of the molecule is CC#CC(=O)N1CCCC[C@H]1c1nc(-c2ccc(C(=O)Nc3cc(C(F)(F)F)ccn3)cc2)c(C(N)=O)n1N. The fourth-order valence-corrected chi connectivity index (χ4v) is 4.39. The Morgan fingerprint density at radius 3 is 2.49 bits per heavy atom. The molecule has 202 valence electrons. The Hall–Kier alpha value is -4.86. The van der Waals surface area contributed by atoms with Crippen molar-refractivity contribution in [1.29, 1.82) is 0 Å². The van der Waals surface area contributed by atoms with Crippen molar-refractivity contribution >= 4 is 23.5 Å². The lowest BCUT2D eigenvalue weighted by Crippen LogP contribution is -2.40. The van der Waals surface area contributed by atoms with E-state index >= 15 is 0 Å². The quantitative estimate of drug-likeness (QED) is 0.335. The number of piperidine rings is 1. The molecule has 3 heterocycles. The molecule has 5 N–H and O–H groups in total. The normalized spacial score (nSPS) is 15.3. The molecule has 0 bridgehead atoms. The van der Waals surface area contributed by atoms with Gasteiger partial charge in [0, 0.05) is 23.9 Å². The van der Waals surface area contributed by atoms with Gasteiger partial charge < -0.3 is 21.8 Å². The number of hydrogen-bond acceptors (Lipinski definition) is 6. The van der Waals surface area contributed by atoms with E-state index in [0.717, 1.165) is 35.8 Å². The smallest absolute Gasteiger partial charge is 0.364 e. The standard InChI is InChI=1S/C26H24F3N7O3/c1-2-5-20(37)35-13-4-3-6-18(35)24-34-21(22(23(30)38)36(24)31)15-7-9-16(10-8-15)25(39)33-19-14-17(11-12-32-19)26(27,28)29/h7-12,14,18H,3-4,6,13,31H2,1H3,(H2,30,38)(H,32,33,39)/t18-/m0/s1. The van der Waals surface area contributed by atoms with Gasteiger partial charge in [0.15, 0.2) is 11.5 Å². The Kier molecular flexibility index (Phi) is 7.57. The molecule has 3 amide bonds. The molecule has 10 nitrogen and oxygen atoms in total. The van der Waals surface area contributed by atoms with Crippen LogP contribution in [0.15, 0.2) is 42.6 Å². The minimum Gasteiger partial charge on any atom is -0.364 e. The Labute approximate surface area is 221 Å². The zero-order valence-corrected chi connectivity index (χ0v) is 20.7. The number of aromatic nitrogens is 3. The van der Waals surface area contributed by atoms with Crippen LogP contribution in [0.1, 0.15) is 64.5 Å². The minimum absolute atomic E-state index is 0.0880. The summed E-state index contributed by atoms with van der Waals surface area (Å²) in [7, 11) is 0. The van der Waals surface area contributed by atoms with Crippen LogP contribution < -0.4 is 16.9 Å². The number of nitrogens with two attached hydrogens (primary N) is 2. The summed E-state index contributed by atoms with van der Waals surface area (Å²) in [6.45, 7) is 2.01. The van der Waals surface area contributed by atoms with Crippen LogP contribution in [-0.2, 0) is 11.0 Å². The second-order valence-corrected chi connectivity index (χ2v) is 8.75. The van der Waals surface area contributed by atoms with Crippen molar-refractivity contribution < 1.29 is 27.6 Å². The average molecular weight is 540 g/mol. The number of rotatable bonds is 5. The molecular weight excluding hydrogens is 515 g/mol. The van der Waals surface area contributed by atoms with Crippen LogP contribution in [0.25, 0.3) is 11.3 Å². The van der Waals surface area contributed by atoms with Gasteiger partial charge in [0.25, 0.3) is 17.7 Å². The van der Waals surface area contributed by atoms with Crippen molar-refractivity contribution in [2.45, 2.75) is 38.4 Å². The summed E-state index contributed by atoms with van der Waals surface area (Å²) in [6, 6.07) is 6.82. The zero-order valence-electron chi connectivity index (χ0n) is 20.7. The summed E-state index contributed by atoms with van der Waals surface area (Å²) in [6.07, 6.45) is -1.48. The van der Waals surface area contributed by atoms with E-state index in [4.69, 9.17) is 11.6 Å². The summed E-state index contributed by atoms with van der Waals surface area (Å²) in [4.78, 5) is 47.4. The number of pyridine rings is 1. The molecular formula is C26H24F3N7O3. The van der Waals surface area contributed by atoms with Crippen LogP contribution in [0.5, 0.6) is 0 Å². The fraction of sp³-hybridized carbons (Fsp3) is 0.269. The number of carbonyl (C=O) groups excluding carboxylic acids is 3. The summed E-state index contributed by atoms with van der Waals surface area (Å²) in [5.41, 5.74) is 5.26. The first-order valence-electron chi connectivity index (χ1n) is 11.9. The lowest BCUT2D eigenvalue weighted by molar-refractivity contribution is -0.137. The van der Waals surface area contributed by atoms with E-state index in [0.29, 0.717) is 18.5 Å². The molecule has 0 unspecified atom stereocenters. The third kappa shape index (κ3) is 5.69. The van der Waals surface area contributed by atoms with Gasteiger partial charge in [-0.3, -0.25) is 14.4 Å². The molecule has 0 saturated carbocycles. The highest BCUT2D eigenvalue weighted by molar-refractivity contribution is 6.04. The van der Waals surface area contributed by atoms with E-state index < -0.39 is 29.6 Å². The molecule has 1 fully saturated rings. The second-order valence-electron chi connectivity index (χ2n) is 8.75. The molecule has 1 aliphatic rings. The molecule has 1 aliphatic heterocycles. The maximum Gasteiger partial charge on any atom is 0.416 e. The summed E-state index contributed by atoms with van der Waals surface area (Å²) < 4.78 is 39.9. The van der Waals surface area contributed by atoms with E-state index in [9.17, 15) is 27.6 Å². The molecule has 39 heavy (non-hydrogen) atoms. The number of imidazole rings is 1. The highest BCUT2D eigenvalue weighted by Crippen LogP contribution is 2.34. The second kappa shape index (κ2) is 10.9. The van der Waals surface area contributed by atoms with E-state index in [1.807, 2.05) is 0 Å². The maximum absolute atomic E-state index is 13.0. The molecule has 1 saturated heterocycles. The minimum atomic E-state index is -4.58. The van der Waals surface area contributed by atoms with Crippen LogP contribution >= 0.6 is 0 Å². The number of nitrogen functional groups attached to an aromatic ring is 1. The van der Waals surface area contributed by atoms with Crippen LogP contribution in [0.4, 0.5) is 19.0 Å². The third-order valence-corrected chi connectivity index (χ3v) is 6.21. The van der Waals surface area contributed by atoms with Gasteiger partial charge in [0.2, 0.25) is 0 Å². The molecule has 1 atom stereocenters. The van der Waals surface area contributed by atoms with Gasteiger partial charge in [-0.05, 0) is 56.4 Å². The third-order valence-electron chi connectivity index (χ3n) is 6.21. The van der Waals surface area contributed by atoms with Gasteiger partial charge in [0.05, 0.1) is 11.6 Å². The molecule has 0 aliphatic carbocycles. The highest BCUT2D eigenvalue weighted by atomic mass is 19.4. The van der Waals surface area contributed by atoms with Gasteiger partial charge in [-0.2, -0.15) is 13.2 Å². The van der Waals surface area contributed by atoms with Crippen LogP contribution in [-0.4, -0.2) is 43.8 Å². The molecule has 0 spiro atoms. The molecule has 13 heteroatoms. The van der Waals surface area contributed by atoms with Gasteiger partial charge in [-0.15, -0.1) is 0 Å². The number of nitrogens with zero attached hydrogens (tertiary/aromatic N) is 4. The zero-order chi connectivity index (χ0) is 28.3. The Balaban J connectivity index is 1.63. The topological polar surface area (TPSA) is 149 Å². The number of primary amides is 1. The van der Waals surface area contributed by atoms with Crippen molar-refractivity contribution in [1.82, 2.24) is 19.5 Å². The number of nitrogens with one attached hydrogen (secondary N) is 1. The number of alkyl halides is 3. The monoisotopic (exact) mass is 539 g/mol. The first-order chi connectivity index (χ1) is 18.5. The van der Waals surface area contributed by atoms with E-state index in [2.05, 4.69) is 27.1 Å². The number of amides is 3. The van der Waals surface area contributed by atoms with E-state index in [1.54, 1.807) is 11.8 Å². The Bertz CT molecular complexity index is 1490. The lowest BCUT2D eigenvalue weighted by atomic mass is 10.0. The van der Waals surface area contributed by atoms with E-state index in [1.165, 1.54) is 24.3 Å². The van der Waals surface area contributed by atoms with Crippen LogP contribution in [0, 0.1) is 11.8 Å². The Morgan fingerprint density at radius 2 is 1.85 bits per heavy atom. The molecule has 0 radical (unpaired) electrons. The number of anilines is 1. The van der Waals surface area contributed by atoms with Gasteiger partial charge in [-0.25, -0.2) is 14.6 Å². The molecule has 2 aromatic heterocycles. The average Bonchev–Trinajstić information content (AvgIpc) is 3.25.